The first-order chi connectivity index (χ1) is 5.33. The SMILES string of the molecule is C[CH-]CCCCCC.O=PO.[Nd]. The van der Waals surface area contributed by atoms with E-state index in [1.807, 2.05) is 0 Å². The Morgan fingerprint density at radius 2 is 1.83 bits per heavy atom. The molecule has 0 radical (unpaired) electrons. The van der Waals surface area contributed by atoms with Gasteiger partial charge < -0.3 is 11.3 Å². The molecule has 0 aromatic rings. The van der Waals surface area contributed by atoms with E-state index in [1.54, 1.807) is 0 Å². The summed E-state index contributed by atoms with van der Waals surface area (Å²) in [6.07, 6.45) is 9.12. The quantitative estimate of drug-likeness (QED) is 0.479. The molecule has 72 valence electrons. The Morgan fingerprint density at radius 3 is 2.17 bits per heavy atom. The summed E-state index contributed by atoms with van der Waals surface area (Å²) >= 11 is 0. The molecule has 2 nitrogen and oxygen atoms in total. The van der Waals surface area contributed by atoms with Crippen LogP contribution in [-0.4, -0.2) is 4.89 Å². The van der Waals surface area contributed by atoms with Gasteiger partial charge in [0.1, 0.15) is 0 Å². The van der Waals surface area contributed by atoms with Gasteiger partial charge in [-0.25, -0.2) is 4.57 Å². The zero-order chi connectivity index (χ0) is 8.95. The Labute approximate surface area is 110 Å². The molecule has 0 aliphatic rings. The van der Waals surface area contributed by atoms with Gasteiger partial charge in [0.05, 0.1) is 0 Å². The van der Waals surface area contributed by atoms with E-state index in [-0.39, 0.29) is 40.8 Å². The second kappa shape index (κ2) is 22.8. The predicted molar refractivity (Wildman–Crippen MR) is 48.6 cm³/mol. The molecule has 0 aliphatic carbocycles. The minimum atomic E-state index is -0.833. The number of hydrogen-bond acceptors (Lipinski definition) is 1. The topological polar surface area (TPSA) is 37.3 Å². The van der Waals surface area contributed by atoms with Crippen molar-refractivity contribution in [2.24, 2.45) is 0 Å². The molecular formula is C8H18NdO2P-. The Bertz CT molecular complexity index is 66.1. The third-order valence-electron chi connectivity index (χ3n) is 1.35. The molecular weight excluding hydrogens is 303 g/mol. The van der Waals surface area contributed by atoms with Crippen molar-refractivity contribution in [2.45, 2.75) is 46.0 Å². The van der Waals surface area contributed by atoms with Crippen molar-refractivity contribution in [3.8, 4) is 0 Å². The molecule has 0 rings (SSSR count). The zero-order valence-electron chi connectivity index (χ0n) is 7.92. The van der Waals surface area contributed by atoms with Gasteiger partial charge in [0.25, 0.3) is 0 Å². The molecule has 0 atom stereocenters. The Kier molecular flexibility index (Phi) is 36.3. The van der Waals surface area contributed by atoms with E-state index in [0.717, 1.165) is 0 Å². The van der Waals surface area contributed by atoms with Crippen LogP contribution in [0.15, 0.2) is 0 Å². The Hall–Kier alpha value is 1.41. The van der Waals surface area contributed by atoms with Crippen LogP contribution in [-0.2, 0) is 4.57 Å². The van der Waals surface area contributed by atoms with Crippen molar-refractivity contribution in [1.82, 2.24) is 0 Å². The summed E-state index contributed by atoms with van der Waals surface area (Å²) in [7, 11) is -0.833. The standard InChI is InChI=1S/C8H17.Nd.HO2P/c1-3-5-7-8-6-4-2;;1-3-2/h3H,4-8H2,1-2H3;;(H,1,2)/q-1;;. The largest absolute Gasteiger partial charge is 0.332 e. The molecule has 0 aliphatic heterocycles. The summed E-state index contributed by atoms with van der Waals surface area (Å²) in [5.74, 6) is 0. The summed E-state index contributed by atoms with van der Waals surface area (Å²) in [6, 6.07) is 0. The smallest absolute Gasteiger partial charge is 0.324 e. The summed E-state index contributed by atoms with van der Waals surface area (Å²) in [5, 5.41) is 0. The van der Waals surface area contributed by atoms with Crippen LogP contribution in [0, 0.1) is 47.3 Å². The van der Waals surface area contributed by atoms with Crippen molar-refractivity contribution in [2.75, 3.05) is 0 Å². The van der Waals surface area contributed by atoms with E-state index in [2.05, 4.69) is 20.3 Å². The molecule has 0 heterocycles. The molecule has 1 N–H and O–H groups in total. The molecule has 0 aromatic carbocycles. The van der Waals surface area contributed by atoms with Crippen LogP contribution in [0.4, 0.5) is 0 Å². The van der Waals surface area contributed by atoms with Crippen molar-refractivity contribution in [3.63, 3.8) is 0 Å². The van der Waals surface area contributed by atoms with Gasteiger partial charge in [0.15, 0.2) is 0 Å². The summed E-state index contributed by atoms with van der Waals surface area (Å²) in [5.41, 5.74) is 0. The van der Waals surface area contributed by atoms with E-state index in [4.69, 9.17) is 9.46 Å². The van der Waals surface area contributed by atoms with Crippen molar-refractivity contribution >= 4 is 8.69 Å². The molecule has 0 spiro atoms. The van der Waals surface area contributed by atoms with Gasteiger partial charge in [0, 0.05) is 40.8 Å². The fraction of sp³-hybridized carbons (Fsp3) is 0.875. The van der Waals surface area contributed by atoms with Crippen LogP contribution >= 0.6 is 8.69 Å². The van der Waals surface area contributed by atoms with E-state index in [1.165, 1.54) is 32.1 Å². The van der Waals surface area contributed by atoms with Crippen LogP contribution in [0.5, 0.6) is 0 Å². The van der Waals surface area contributed by atoms with Crippen molar-refractivity contribution in [1.29, 1.82) is 0 Å². The maximum atomic E-state index is 8.46. The molecule has 0 aromatic heterocycles. The molecule has 0 saturated carbocycles. The van der Waals surface area contributed by atoms with Crippen LogP contribution in [0.2, 0.25) is 0 Å². The number of rotatable bonds is 5. The maximum absolute atomic E-state index is 8.46. The maximum Gasteiger partial charge on any atom is 0.324 e. The summed E-state index contributed by atoms with van der Waals surface area (Å²) in [4.78, 5) is 6.99. The van der Waals surface area contributed by atoms with Crippen LogP contribution in [0.1, 0.15) is 46.0 Å². The van der Waals surface area contributed by atoms with Gasteiger partial charge in [0.2, 0.25) is 0 Å². The van der Waals surface area contributed by atoms with Crippen LogP contribution < -0.4 is 0 Å². The van der Waals surface area contributed by atoms with Gasteiger partial charge >= 0.3 is 8.69 Å². The minimum Gasteiger partial charge on any atom is -0.332 e. The van der Waals surface area contributed by atoms with Crippen LogP contribution in [0.3, 0.4) is 0 Å². The van der Waals surface area contributed by atoms with Gasteiger partial charge in [-0.05, 0) is 0 Å². The number of hydrogen-bond donors (Lipinski definition) is 1. The third kappa shape index (κ3) is 30.1. The summed E-state index contributed by atoms with van der Waals surface area (Å²) in [6.45, 7) is 4.38. The molecule has 0 fully saturated rings. The van der Waals surface area contributed by atoms with Gasteiger partial charge in [-0.15, -0.1) is 0 Å². The first-order valence-corrected chi connectivity index (χ1v) is 4.84. The summed E-state index contributed by atoms with van der Waals surface area (Å²) < 4.78 is 8.46. The number of unbranched alkanes of at least 4 members (excludes halogenated alkanes) is 5. The average molecular weight is 321 g/mol. The van der Waals surface area contributed by atoms with E-state index in [0.29, 0.717) is 0 Å². The molecule has 0 saturated heterocycles. The minimum absolute atomic E-state index is 0. The Balaban J connectivity index is -0.000000177. The second-order valence-electron chi connectivity index (χ2n) is 2.34. The van der Waals surface area contributed by atoms with Crippen LogP contribution in [0.25, 0.3) is 0 Å². The fourth-order valence-corrected chi connectivity index (χ4v) is 0.775. The molecule has 4 heteroatoms. The normalized spacial score (nSPS) is 8.25. The second-order valence-corrected chi connectivity index (χ2v) is 2.50. The zero-order valence-corrected chi connectivity index (χ0v) is 12.0. The Morgan fingerprint density at radius 1 is 1.33 bits per heavy atom. The first kappa shape index (κ1) is 19.1. The van der Waals surface area contributed by atoms with Gasteiger partial charge in [-0.3, -0.25) is 0 Å². The first-order valence-electron chi connectivity index (χ1n) is 4.08. The average Bonchev–Trinajstić information content (AvgIpc) is 2.00. The molecule has 0 amide bonds. The monoisotopic (exact) mass is 319 g/mol. The fourth-order valence-electron chi connectivity index (χ4n) is 0.775. The third-order valence-corrected chi connectivity index (χ3v) is 1.35. The molecule has 0 bridgehead atoms. The molecule has 0 unspecified atom stereocenters. The molecule has 12 heavy (non-hydrogen) atoms. The van der Waals surface area contributed by atoms with E-state index < -0.39 is 8.69 Å². The van der Waals surface area contributed by atoms with Gasteiger partial charge in [-0.2, -0.15) is 13.3 Å². The van der Waals surface area contributed by atoms with E-state index in [9.17, 15) is 0 Å². The predicted octanol–water partition coefficient (Wildman–Crippen LogP) is 3.37. The van der Waals surface area contributed by atoms with Gasteiger partial charge in [-0.1, -0.05) is 32.6 Å². The van der Waals surface area contributed by atoms with Crippen molar-refractivity contribution in [3.05, 3.63) is 6.42 Å². The van der Waals surface area contributed by atoms with Crippen molar-refractivity contribution < 1.29 is 50.3 Å². The van der Waals surface area contributed by atoms with E-state index >= 15 is 0 Å².